The number of carboxylic acid groups (broad SMARTS) is 1. The highest BCUT2D eigenvalue weighted by Crippen LogP contribution is 2.40. The predicted octanol–water partition coefficient (Wildman–Crippen LogP) is 4.33. The molecule has 1 unspecified atom stereocenters. The van der Waals surface area contributed by atoms with Gasteiger partial charge in [-0.1, -0.05) is 44.9 Å². The fourth-order valence-electron chi connectivity index (χ4n) is 3.54. The fourth-order valence-corrected chi connectivity index (χ4v) is 3.54. The molecule has 3 nitrogen and oxygen atoms in total. The van der Waals surface area contributed by atoms with Gasteiger partial charge in [0.05, 0.1) is 0 Å². The normalized spacial score (nSPS) is 21.0. The number of hydrogen-bond donors (Lipinski definition) is 1. The van der Waals surface area contributed by atoms with E-state index in [1.807, 2.05) is 6.07 Å². The minimum atomic E-state index is -0.703. The van der Waals surface area contributed by atoms with Gasteiger partial charge in [0.15, 0.2) is 0 Å². The second-order valence-corrected chi connectivity index (χ2v) is 6.78. The van der Waals surface area contributed by atoms with Gasteiger partial charge >= 0.3 is 5.97 Å². The Morgan fingerprint density at radius 1 is 1.29 bits per heavy atom. The largest absolute Gasteiger partial charge is 0.481 e. The minimum Gasteiger partial charge on any atom is -0.481 e. The molecule has 0 radical (unpaired) electrons. The number of aliphatic carboxylic acids is 1. The van der Waals surface area contributed by atoms with E-state index < -0.39 is 5.97 Å². The number of nitrogens with zero attached hydrogens (tertiary/aromatic N) is 1. The van der Waals surface area contributed by atoms with Crippen LogP contribution >= 0.6 is 0 Å². The Morgan fingerprint density at radius 3 is 2.62 bits per heavy atom. The van der Waals surface area contributed by atoms with Gasteiger partial charge in [0.25, 0.3) is 0 Å². The number of anilines is 1. The average Bonchev–Trinajstić information content (AvgIpc) is 2.45. The number of hydrogen-bond acceptors (Lipinski definition) is 2. The number of carbonyl (C=O) groups is 1. The van der Waals surface area contributed by atoms with Crippen molar-refractivity contribution in [1.29, 1.82) is 0 Å². The Labute approximate surface area is 128 Å². The molecular formula is C18H27NO2. The third kappa shape index (κ3) is 4.23. The van der Waals surface area contributed by atoms with E-state index in [4.69, 9.17) is 5.11 Å². The number of rotatable bonds is 6. The van der Waals surface area contributed by atoms with E-state index in [9.17, 15) is 4.79 Å². The van der Waals surface area contributed by atoms with E-state index in [1.54, 1.807) is 0 Å². The predicted molar refractivity (Wildman–Crippen MR) is 86.7 cm³/mol. The lowest BCUT2D eigenvalue weighted by molar-refractivity contribution is -0.137. The van der Waals surface area contributed by atoms with Gasteiger partial charge in [-0.05, 0) is 36.8 Å². The van der Waals surface area contributed by atoms with Crippen LogP contribution in [-0.2, 0) is 4.79 Å². The van der Waals surface area contributed by atoms with E-state index in [1.165, 1.54) is 31.4 Å². The van der Waals surface area contributed by atoms with Crippen LogP contribution in [0.25, 0.3) is 0 Å². The van der Waals surface area contributed by atoms with Gasteiger partial charge in [-0.15, -0.1) is 0 Å². The second-order valence-electron chi connectivity index (χ2n) is 6.78. The monoisotopic (exact) mass is 289 g/mol. The minimum absolute atomic E-state index is 0.247. The summed E-state index contributed by atoms with van der Waals surface area (Å²) in [6, 6.07) is 11.0. The van der Waals surface area contributed by atoms with Crippen molar-refractivity contribution in [1.82, 2.24) is 0 Å². The molecule has 0 aliphatic heterocycles. The Morgan fingerprint density at radius 2 is 2.00 bits per heavy atom. The van der Waals surface area contributed by atoms with Crippen molar-refractivity contribution in [3.05, 3.63) is 30.3 Å². The zero-order valence-electron chi connectivity index (χ0n) is 13.2. The first-order valence-corrected chi connectivity index (χ1v) is 8.04. The lowest BCUT2D eigenvalue weighted by Gasteiger charge is -2.46. The van der Waals surface area contributed by atoms with Crippen LogP contribution in [0.5, 0.6) is 0 Å². The first kappa shape index (κ1) is 15.9. The molecule has 1 saturated carbocycles. The highest BCUT2D eigenvalue weighted by molar-refractivity contribution is 5.66. The van der Waals surface area contributed by atoms with Crippen LogP contribution in [0.4, 0.5) is 5.69 Å². The third-order valence-electron chi connectivity index (χ3n) is 4.70. The molecule has 0 bridgehead atoms. The summed E-state index contributed by atoms with van der Waals surface area (Å²) < 4.78 is 0. The van der Waals surface area contributed by atoms with E-state index in [-0.39, 0.29) is 11.8 Å². The van der Waals surface area contributed by atoms with Crippen LogP contribution in [0.2, 0.25) is 0 Å². The highest BCUT2D eigenvalue weighted by Gasteiger charge is 2.36. The van der Waals surface area contributed by atoms with Crippen molar-refractivity contribution < 1.29 is 9.90 Å². The fraction of sp³-hybridized carbons (Fsp3) is 0.611. The maximum atomic E-state index is 10.8. The molecule has 3 heteroatoms. The lowest BCUT2D eigenvalue weighted by atomic mass is 9.72. The molecule has 0 spiro atoms. The van der Waals surface area contributed by atoms with Crippen molar-refractivity contribution in [2.24, 2.45) is 5.41 Å². The average molecular weight is 289 g/mol. The Kier molecular flexibility index (Phi) is 5.27. The maximum absolute atomic E-state index is 10.8. The molecule has 1 N–H and O–H groups in total. The molecule has 1 aliphatic carbocycles. The summed E-state index contributed by atoms with van der Waals surface area (Å²) in [4.78, 5) is 13.2. The zero-order chi connectivity index (χ0) is 15.3. The summed E-state index contributed by atoms with van der Waals surface area (Å²) >= 11 is 0. The van der Waals surface area contributed by atoms with Crippen LogP contribution in [-0.4, -0.2) is 23.7 Å². The van der Waals surface area contributed by atoms with Crippen molar-refractivity contribution in [2.45, 2.75) is 58.4 Å². The van der Waals surface area contributed by atoms with Gasteiger partial charge in [0.2, 0.25) is 0 Å². The van der Waals surface area contributed by atoms with Crippen molar-refractivity contribution >= 4 is 11.7 Å². The van der Waals surface area contributed by atoms with Gasteiger partial charge in [-0.25, -0.2) is 0 Å². The van der Waals surface area contributed by atoms with Crippen molar-refractivity contribution in [3.8, 4) is 0 Å². The molecule has 1 aromatic carbocycles. The van der Waals surface area contributed by atoms with Crippen molar-refractivity contribution in [3.63, 3.8) is 0 Å². The van der Waals surface area contributed by atoms with E-state index >= 15 is 0 Å². The molecule has 1 atom stereocenters. The summed E-state index contributed by atoms with van der Waals surface area (Å²) in [6.45, 7) is 5.53. The Bertz CT molecular complexity index is 456. The lowest BCUT2D eigenvalue weighted by Crippen LogP contribution is -2.48. The van der Waals surface area contributed by atoms with E-state index in [2.05, 4.69) is 43.0 Å². The summed E-state index contributed by atoms with van der Waals surface area (Å²) in [7, 11) is 0. The quantitative estimate of drug-likeness (QED) is 0.847. The van der Waals surface area contributed by atoms with E-state index in [0.29, 0.717) is 12.5 Å². The van der Waals surface area contributed by atoms with Crippen molar-refractivity contribution in [2.75, 3.05) is 11.4 Å². The third-order valence-corrected chi connectivity index (χ3v) is 4.70. The van der Waals surface area contributed by atoms with Crippen LogP contribution in [0.3, 0.4) is 0 Å². The first-order valence-electron chi connectivity index (χ1n) is 8.04. The van der Waals surface area contributed by atoms with E-state index in [0.717, 1.165) is 6.54 Å². The van der Waals surface area contributed by atoms with Crippen LogP contribution in [0.15, 0.2) is 30.3 Å². The SMILES string of the molecule is CC1(C)CCCCC1N(CCCC(=O)O)c1ccccc1. The molecule has 0 heterocycles. The van der Waals surface area contributed by atoms with Crippen LogP contribution in [0, 0.1) is 5.41 Å². The molecule has 0 amide bonds. The standard InChI is InChI=1S/C18H27NO2/c1-18(2)13-7-6-11-16(18)19(14-8-12-17(20)21)15-9-4-3-5-10-15/h3-5,9-10,16H,6-8,11-14H2,1-2H3,(H,20,21). The number of para-hydroxylation sites is 1. The molecule has 1 fully saturated rings. The molecule has 0 aromatic heterocycles. The second kappa shape index (κ2) is 6.97. The van der Waals surface area contributed by atoms with Gasteiger partial charge < -0.3 is 10.0 Å². The first-order chi connectivity index (χ1) is 10.0. The van der Waals surface area contributed by atoms with Gasteiger partial charge in [-0.3, -0.25) is 4.79 Å². The maximum Gasteiger partial charge on any atom is 0.303 e. The number of benzene rings is 1. The topological polar surface area (TPSA) is 40.5 Å². The zero-order valence-corrected chi connectivity index (χ0v) is 13.2. The molecule has 21 heavy (non-hydrogen) atoms. The molecule has 1 aliphatic rings. The molecule has 1 aromatic rings. The summed E-state index contributed by atoms with van der Waals surface area (Å²) in [5, 5.41) is 8.89. The molecule has 116 valence electrons. The van der Waals surface area contributed by atoms with Crippen LogP contribution < -0.4 is 4.90 Å². The Balaban J connectivity index is 2.16. The highest BCUT2D eigenvalue weighted by atomic mass is 16.4. The number of carboxylic acids is 1. The Hall–Kier alpha value is -1.51. The van der Waals surface area contributed by atoms with Gasteiger partial charge in [-0.2, -0.15) is 0 Å². The summed E-state index contributed by atoms with van der Waals surface area (Å²) in [5.41, 5.74) is 1.51. The van der Waals surface area contributed by atoms with Gasteiger partial charge in [0.1, 0.15) is 0 Å². The molecule has 2 rings (SSSR count). The summed E-state index contributed by atoms with van der Waals surface area (Å²) in [5.74, 6) is -0.703. The van der Waals surface area contributed by atoms with Crippen LogP contribution in [0.1, 0.15) is 52.4 Å². The smallest absolute Gasteiger partial charge is 0.303 e. The molecular weight excluding hydrogens is 262 g/mol. The van der Waals surface area contributed by atoms with Gasteiger partial charge in [0, 0.05) is 24.7 Å². The molecule has 0 saturated heterocycles. The summed E-state index contributed by atoms with van der Waals surface area (Å²) in [6.07, 6.45) is 5.99.